The molecule has 168 valence electrons. The van der Waals surface area contributed by atoms with Crippen molar-refractivity contribution in [3.63, 3.8) is 0 Å². The smallest absolute Gasteiger partial charge is 0.240 e. The average Bonchev–Trinajstić information content (AvgIpc) is 3.14. The van der Waals surface area contributed by atoms with Crippen molar-refractivity contribution in [1.29, 1.82) is 0 Å². The second-order valence-electron chi connectivity index (χ2n) is 7.79. The Bertz CT molecular complexity index is 1370. The van der Waals surface area contributed by atoms with Gasteiger partial charge in [0.25, 0.3) is 0 Å². The molecule has 0 atom stereocenters. The molecule has 0 saturated carbocycles. The fourth-order valence-corrected chi connectivity index (χ4v) is 4.08. The summed E-state index contributed by atoms with van der Waals surface area (Å²) >= 11 is 6.07. The molecule has 0 radical (unpaired) electrons. The second-order valence-corrected chi connectivity index (χ2v) is 8.20. The first-order chi connectivity index (χ1) is 16.0. The first-order valence-corrected chi connectivity index (χ1v) is 11.2. The highest BCUT2D eigenvalue weighted by Crippen LogP contribution is 2.29. The summed E-state index contributed by atoms with van der Waals surface area (Å²) in [5, 5.41) is 9.76. The predicted molar refractivity (Wildman–Crippen MR) is 135 cm³/mol. The van der Waals surface area contributed by atoms with E-state index in [-0.39, 0.29) is 24.7 Å². The molecular formula is C26H25ClN4O2. The van der Waals surface area contributed by atoms with E-state index in [1.165, 1.54) is 16.4 Å². The number of fused-ring (bicyclic) bond motifs is 3. The molecule has 4 aromatic rings. The highest BCUT2D eigenvalue weighted by atomic mass is 35.5. The molecule has 1 heterocycles. The number of nitrogens with zero attached hydrogens (tertiary/aromatic N) is 2. The van der Waals surface area contributed by atoms with Crippen LogP contribution in [0.25, 0.3) is 21.8 Å². The maximum atomic E-state index is 12.2. The Hall–Kier alpha value is -3.64. The summed E-state index contributed by atoms with van der Waals surface area (Å²) in [5.41, 5.74) is 7.18. The van der Waals surface area contributed by atoms with Crippen LogP contribution in [0.5, 0.6) is 0 Å². The fraction of sp³-hybridized carbons (Fsp3) is 0.192. The van der Waals surface area contributed by atoms with Gasteiger partial charge in [-0.3, -0.25) is 9.59 Å². The highest BCUT2D eigenvalue weighted by molar-refractivity contribution is 6.31. The number of aromatic nitrogens is 1. The van der Waals surface area contributed by atoms with E-state index in [0.717, 1.165) is 23.1 Å². The number of hydrazone groups is 1. The minimum absolute atomic E-state index is 0.0335. The molecule has 0 aliphatic carbocycles. The van der Waals surface area contributed by atoms with E-state index in [4.69, 9.17) is 11.6 Å². The molecule has 6 nitrogen and oxygen atoms in total. The molecular weight excluding hydrogens is 436 g/mol. The van der Waals surface area contributed by atoms with Gasteiger partial charge in [-0.25, -0.2) is 5.43 Å². The number of hydrogen-bond donors (Lipinski definition) is 2. The van der Waals surface area contributed by atoms with Gasteiger partial charge in [0.15, 0.2) is 0 Å². The number of amides is 2. The van der Waals surface area contributed by atoms with Crippen molar-refractivity contribution in [2.24, 2.45) is 5.10 Å². The summed E-state index contributed by atoms with van der Waals surface area (Å²) in [5.74, 6) is -0.579. The first-order valence-electron chi connectivity index (χ1n) is 10.9. The Kier molecular flexibility index (Phi) is 6.75. The number of anilines is 1. The van der Waals surface area contributed by atoms with E-state index in [9.17, 15) is 9.59 Å². The SMILES string of the molecule is CCn1c2ccccc2c2cc(/C=N\NC(=O)CCC(=O)Nc3cccc(Cl)c3C)ccc21. The second kappa shape index (κ2) is 9.88. The van der Waals surface area contributed by atoms with Crippen molar-refractivity contribution < 1.29 is 9.59 Å². The maximum Gasteiger partial charge on any atom is 0.240 e. The third-order valence-corrected chi connectivity index (χ3v) is 6.05. The first kappa shape index (κ1) is 22.6. The minimum Gasteiger partial charge on any atom is -0.341 e. The number of carbonyl (C=O) groups is 2. The molecule has 7 heteroatoms. The van der Waals surface area contributed by atoms with Crippen LogP contribution in [0.15, 0.2) is 65.8 Å². The Morgan fingerprint density at radius 3 is 2.55 bits per heavy atom. The molecule has 0 spiro atoms. The summed E-state index contributed by atoms with van der Waals surface area (Å²) in [4.78, 5) is 24.3. The van der Waals surface area contributed by atoms with Gasteiger partial charge < -0.3 is 9.88 Å². The van der Waals surface area contributed by atoms with Gasteiger partial charge in [-0.15, -0.1) is 0 Å². The molecule has 0 saturated heterocycles. The number of hydrogen-bond acceptors (Lipinski definition) is 3. The molecule has 2 N–H and O–H groups in total. The summed E-state index contributed by atoms with van der Waals surface area (Å²) < 4.78 is 2.28. The predicted octanol–water partition coefficient (Wildman–Crippen LogP) is 5.65. The molecule has 0 aliphatic rings. The van der Waals surface area contributed by atoms with Crippen molar-refractivity contribution in [2.75, 3.05) is 5.32 Å². The maximum absolute atomic E-state index is 12.2. The highest BCUT2D eigenvalue weighted by Gasteiger charge is 2.10. The Balaban J connectivity index is 1.36. The van der Waals surface area contributed by atoms with Crippen LogP contribution < -0.4 is 10.7 Å². The van der Waals surface area contributed by atoms with Crippen LogP contribution in [0, 0.1) is 6.92 Å². The van der Waals surface area contributed by atoms with Crippen LogP contribution in [0.4, 0.5) is 5.69 Å². The van der Waals surface area contributed by atoms with Gasteiger partial charge in [-0.05, 0) is 55.3 Å². The standard InChI is InChI=1S/C26H25ClN4O2/c1-3-31-23-10-5-4-7-19(23)20-15-18(11-12-24(20)31)16-28-30-26(33)14-13-25(32)29-22-9-6-8-21(27)17(22)2/h4-12,15-16H,3,13-14H2,1-2H3,(H,29,32)(H,30,33)/b28-16-. The third kappa shape index (κ3) is 4.91. The van der Waals surface area contributed by atoms with E-state index in [1.54, 1.807) is 24.4 Å². The van der Waals surface area contributed by atoms with Crippen LogP contribution in [0.2, 0.25) is 5.02 Å². The monoisotopic (exact) mass is 460 g/mol. The van der Waals surface area contributed by atoms with Crippen molar-refractivity contribution in [3.05, 3.63) is 76.8 Å². The molecule has 2 amide bonds. The quantitative estimate of drug-likeness (QED) is 0.276. The number of benzene rings is 3. The van der Waals surface area contributed by atoms with Gasteiger partial charge in [0.05, 0.1) is 6.21 Å². The summed E-state index contributed by atoms with van der Waals surface area (Å²) in [6.07, 6.45) is 1.70. The molecule has 4 rings (SSSR count). The van der Waals surface area contributed by atoms with E-state index in [2.05, 4.69) is 51.6 Å². The van der Waals surface area contributed by atoms with Gasteiger partial charge in [0.2, 0.25) is 11.8 Å². The van der Waals surface area contributed by atoms with Gasteiger partial charge in [-0.1, -0.05) is 41.9 Å². The summed E-state index contributed by atoms with van der Waals surface area (Å²) in [6.45, 7) is 4.85. The molecule has 0 bridgehead atoms. The lowest BCUT2D eigenvalue weighted by Gasteiger charge is -2.09. The fourth-order valence-electron chi connectivity index (χ4n) is 3.91. The zero-order valence-corrected chi connectivity index (χ0v) is 19.3. The lowest BCUT2D eigenvalue weighted by molar-refractivity contribution is -0.124. The van der Waals surface area contributed by atoms with E-state index in [1.807, 2.05) is 25.1 Å². The largest absolute Gasteiger partial charge is 0.341 e. The van der Waals surface area contributed by atoms with Crippen molar-refractivity contribution in [3.8, 4) is 0 Å². The summed E-state index contributed by atoms with van der Waals surface area (Å²) in [7, 11) is 0. The minimum atomic E-state index is -0.326. The van der Waals surface area contributed by atoms with E-state index >= 15 is 0 Å². The van der Waals surface area contributed by atoms with E-state index in [0.29, 0.717) is 10.7 Å². The summed E-state index contributed by atoms with van der Waals surface area (Å²) in [6, 6.07) is 19.7. The number of rotatable bonds is 7. The molecule has 1 aromatic heterocycles. The Morgan fingerprint density at radius 2 is 1.73 bits per heavy atom. The zero-order valence-electron chi connectivity index (χ0n) is 18.6. The Morgan fingerprint density at radius 1 is 0.970 bits per heavy atom. The third-order valence-electron chi connectivity index (χ3n) is 5.64. The van der Waals surface area contributed by atoms with Crippen molar-refractivity contribution in [1.82, 2.24) is 9.99 Å². The normalized spacial score (nSPS) is 11.4. The van der Waals surface area contributed by atoms with Crippen LogP contribution in [0.1, 0.15) is 30.9 Å². The number of para-hydroxylation sites is 1. The van der Waals surface area contributed by atoms with Crippen LogP contribution >= 0.6 is 11.6 Å². The van der Waals surface area contributed by atoms with Crippen LogP contribution in [0.3, 0.4) is 0 Å². The van der Waals surface area contributed by atoms with Gasteiger partial charge in [0.1, 0.15) is 0 Å². The van der Waals surface area contributed by atoms with Gasteiger partial charge in [0, 0.05) is 51.9 Å². The lowest BCUT2D eigenvalue weighted by atomic mass is 10.1. The van der Waals surface area contributed by atoms with Crippen molar-refractivity contribution in [2.45, 2.75) is 33.2 Å². The Labute approximate surface area is 197 Å². The van der Waals surface area contributed by atoms with Gasteiger partial charge >= 0.3 is 0 Å². The zero-order chi connectivity index (χ0) is 23.4. The lowest BCUT2D eigenvalue weighted by Crippen LogP contribution is -2.20. The van der Waals surface area contributed by atoms with Crippen LogP contribution in [-0.2, 0) is 16.1 Å². The molecule has 0 unspecified atom stereocenters. The number of carbonyl (C=O) groups excluding carboxylic acids is 2. The number of aryl methyl sites for hydroxylation is 1. The van der Waals surface area contributed by atoms with E-state index < -0.39 is 0 Å². The van der Waals surface area contributed by atoms with Gasteiger partial charge in [-0.2, -0.15) is 5.10 Å². The number of halogens is 1. The molecule has 33 heavy (non-hydrogen) atoms. The average molecular weight is 461 g/mol. The van der Waals surface area contributed by atoms with Crippen molar-refractivity contribution >= 4 is 57.1 Å². The molecule has 0 aliphatic heterocycles. The number of nitrogens with one attached hydrogen (secondary N) is 2. The molecule has 3 aromatic carbocycles. The molecule has 0 fully saturated rings. The van der Waals surface area contributed by atoms with Crippen LogP contribution in [-0.4, -0.2) is 22.6 Å². The topological polar surface area (TPSA) is 75.5 Å².